The first-order valence-corrected chi connectivity index (χ1v) is 5.67. The number of carbonyl (C=O) groups is 2. The van der Waals surface area contributed by atoms with Crippen LogP contribution in [0.1, 0.15) is 18.5 Å². The second-order valence-corrected chi connectivity index (χ2v) is 4.01. The molecule has 19 heavy (non-hydrogen) atoms. The molecule has 1 aromatic heterocycles. The summed E-state index contributed by atoms with van der Waals surface area (Å²) in [5.41, 5.74) is -0.250. The van der Waals surface area contributed by atoms with E-state index < -0.39 is 5.97 Å². The predicted molar refractivity (Wildman–Crippen MR) is 64.6 cm³/mol. The van der Waals surface area contributed by atoms with Crippen LogP contribution in [-0.4, -0.2) is 39.8 Å². The van der Waals surface area contributed by atoms with E-state index in [1.165, 1.54) is 12.3 Å². The molecule has 2 rings (SSSR count). The van der Waals surface area contributed by atoms with E-state index in [1.807, 2.05) is 0 Å². The molecule has 2 N–H and O–H groups in total. The van der Waals surface area contributed by atoms with Gasteiger partial charge in [-0.05, 0) is 24.8 Å². The molecule has 1 saturated carbocycles. The lowest BCUT2D eigenvalue weighted by atomic mass is 10.2. The number of carboxylic acids is 1. The minimum Gasteiger partial charge on any atom is -0.476 e. The van der Waals surface area contributed by atoms with Crippen molar-refractivity contribution in [1.82, 2.24) is 9.97 Å². The highest BCUT2D eigenvalue weighted by Gasteiger charge is 2.23. The van der Waals surface area contributed by atoms with Crippen LogP contribution < -0.4 is 5.32 Å². The van der Waals surface area contributed by atoms with Gasteiger partial charge in [0.25, 0.3) is 0 Å². The minimum atomic E-state index is -1.26. The van der Waals surface area contributed by atoms with Gasteiger partial charge in [-0.25, -0.2) is 14.8 Å². The average Bonchev–Trinajstić information content (AvgIpc) is 3.19. The number of carbonyl (C=O) groups excluding carboxylic acids is 1. The molecule has 1 aliphatic rings. The highest BCUT2D eigenvalue weighted by molar-refractivity contribution is 6.41. The normalized spacial score (nSPS) is 14.8. The van der Waals surface area contributed by atoms with Gasteiger partial charge in [0.15, 0.2) is 0 Å². The maximum atomic E-state index is 11.1. The van der Waals surface area contributed by atoms with Gasteiger partial charge < -0.3 is 9.94 Å². The Hall–Kier alpha value is -2.51. The van der Waals surface area contributed by atoms with Crippen LogP contribution in [0.2, 0.25) is 0 Å². The van der Waals surface area contributed by atoms with Crippen LogP contribution in [-0.2, 0) is 14.4 Å². The molecule has 0 bridgehead atoms. The number of carboxylic acid groups (broad SMARTS) is 1. The van der Waals surface area contributed by atoms with Crippen molar-refractivity contribution in [2.24, 2.45) is 11.1 Å². The van der Waals surface area contributed by atoms with E-state index in [2.05, 4.69) is 20.4 Å². The molecular weight excluding hydrogens is 252 g/mol. The van der Waals surface area contributed by atoms with Crippen molar-refractivity contribution in [3.63, 3.8) is 0 Å². The Labute approximate surface area is 108 Å². The van der Waals surface area contributed by atoms with Gasteiger partial charge in [-0.15, -0.1) is 0 Å². The Morgan fingerprint density at radius 2 is 2.42 bits per heavy atom. The van der Waals surface area contributed by atoms with Gasteiger partial charge in [-0.3, -0.25) is 10.1 Å². The summed E-state index contributed by atoms with van der Waals surface area (Å²) in [6.07, 6.45) is 3.89. The van der Waals surface area contributed by atoms with E-state index in [1.54, 1.807) is 0 Å². The van der Waals surface area contributed by atoms with Crippen molar-refractivity contribution in [3.8, 4) is 0 Å². The Morgan fingerprint density at radius 1 is 1.63 bits per heavy atom. The van der Waals surface area contributed by atoms with Crippen molar-refractivity contribution in [1.29, 1.82) is 0 Å². The molecule has 0 spiro atoms. The fourth-order valence-corrected chi connectivity index (χ4v) is 1.30. The fraction of sp³-hybridized carbons (Fsp3) is 0.364. The van der Waals surface area contributed by atoms with Gasteiger partial charge in [0.1, 0.15) is 12.3 Å². The first-order valence-electron chi connectivity index (χ1n) is 5.67. The molecule has 8 nitrogen and oxygen atoms in total. The molecule has 1 heterocycles. The lowest BCUT2D eigenvalue weighted by Crippen LogP contribution is -2.18. The molecule has 1 amide bonds. The van der Waals surface area contributed by atoms with Crippen LogP contribution >= 0.6 is 0 Å². The third kappa shape index (κ3) is 3.73. The number of rotatable bonds is 7. The summed E-state index contributed by atoms with van der Waals surface area (Å²) < 4.78 is 0. The van der Waals surface area contributed by atoms with Crippen LogP contribution in [0.25, 0.3) is 0 Å². The van der Waals surface area contributed by atoms with Gasteiger partial charge >= 0.3 is 5.97 Å². The molecule has 0 aromatic carbocycles. The van der Waals surface area contributed by atoms with E-state index in [9.17, 15) is 9.59 Å². The zero-order valence-electron chi connectivity index (χ0n) is 9.94. The molecule has 1 aromatic rings. The van der Waals surface area contributed by atoms with Crippen molar-refractivity contribution >= 4 is 24.0 Å². The molecule has 0 saturated heterocycles. The van der Waals surface area contributed by atoms with Gasteiger partial charge in [0.2, 0.25) is 18.1 Å². The minimum absolute atomic E-state index is 0.00337. The summed E-state index contributed by atoms with van der Waals surface area (Å²) in [6, 6.07) is 1.38. The number of hydrogen-bond acceptors (Lipinski definition) is 6. The summed E-state index contributed by atoms with van der Waals surface area (Å²) in [5.74, 6) is -0.785. The van der Waals surface area contributed by atoms with Crippen molar-refractivity contribution < 1.29 is 19.5 Å². The van der Waals surface area contributed by atoms with Crippen LogP contribution in [0.5, 0.6) is 0 Å². The number of anilines is 1. The highest BCUT2D eigenvalue weighted by atomic mass is 16.6. The van der Waals surface area contributed by atoms with E-state index in [-0.39, 0.29) is 17.4 Å². The van der Waals surface area contributed by atoms with Crippen molar-refractivity contribution in [2.75, 3.05) is 11.9 Å². The van der Waals surface area contributed by atoms with Gasteiger partial charge in [-0.1, -0.05) is 5.16 Å². The fourth-order valence-electron chi connectivity index (χ4n) is 1.30. The van der Waals surface area contributed by atoms with Crippen molar-refractivity contribution in [3.05, 3.63) is 18.0 Å². The van der Waals surface area contributed by atoms with Gasteiger partial charge in [0.05, 0.1) is 0 Å². The molecule has 1 aliphatic carbocycles. The Kier molecular flexibility index (Phi) is 4.01. The summed E-state index contributed by atoms with van der Waals surface area (Å²) in [5, 5.41) is 14.9. The van der Waals surface area contributed by atoms with E-state index in [4.69, 9.17) is 9.94 Å². The van der Waals surface area contributed by atoms with Crippen molar-refractivity contribution in [2.45, 2.75) is 12.8 Å². The van der Waals surface area contributed by atoms with Crippen LogP contribution in [0.3, 0.4) is 0 Å². The number of amides is 1. The number of aliphatic carboxylic acids is 1. The zero-order chi connectivity index (χ0) is 13.7. The topological polar surface area (TPSA) is 114 Å². The van der Waals surface area contributed by atoms with Crippen LogP contribution in [0.4, 0.5) is 5.95 Å². The van der Waals surface area contributed by atoms with E-state index in [0.29, 0.717) is 18.9 Å². The second kappa shape index (κ2) is 5.89. The Balaban J connectivity index is 2.14. The van der Waals surface area contributed by atoms with E-state index in [0.717, 1.165) is 12.8 Å². The monoisotopic (exact) mass is 264 g/mol. The number of nitrogens with one attached hydrogen (secondary N) is 1. The largest absolute Gasteiger partial charge is 0.476 e. The summed E-state index contributed by atoms with van der Waals surface area (Å²) in [6.45, 7) is 0.404. The summed E-state index contributed by atoms with van der Waals surface area (Å²) in [4.78, 5) is 34.0. The van der Waals surface area contributed by atoms with Crippen LogP contribution in [0.15, 0.2) is 17.4 Å². The number of nitrogens with zero attached hydrogens (tertiary/aromatic N) is 3. The van der Waals surface area contributed by atoms with Crippen LogP contribution in [0, 0.1) is 5.92 Å². The summed E-state index contributed by atoms with van der Waals surface area (Å²) in [7, 11) is 0. The zero-order valence-corrected chi connectivity index (χ0v) is 9.94. The molecule has 0 atom stereocenters. The van der Waals surface area contributed by atoms with E-state index >= 15 is 0 Å². The molecular formula is C11H12N4O4. The third-order valence-corrected chi connectivity index (χ3v) is 2.45. The summed E-state index contributed by atoms with van der Waals surface area (Å²) >= 11 is 0. The number of aromatic nitrogens is 2. The second-order valence-electron chi connectivity index (χ2n) is 4.01. The molecule has 0 unspecified atom stereocenters. The lowest BCUT2D eigenvalue weighted by molar-refractivity contribution is -0.129. The van der Waals surface area contributed by atoms with Gasteiger partial charge in [0, 0.05) is 6.20 Å². The first-order chi connectivity index (χ1) is 9.20. The predicted octanol–water partition coefficient (Wildman–Crippen LogP) is 0.260. The first kappa shape index (κ1) is 12.9. The number of hydrogen-bond donors (Lipinski definition) is 2. The average molecular weight is 264 g/mol. The lowest BCUT2D eigenvalue weighted by Gasteiger charge is -2.03. The SMILES string of the molecule is O=CNc1nccc(/C(=N/OCC2CC2)C(=O)O)n1. The molecule has 8 heteroatoms. The highest BCUT2D eigenvalue weighted by Crippen LogP contribution is 2.28. The quantitative estimate of drug-likeness (QED) is 0.415. The van der Waals surface area contributed by atoms with Gasteiger partial charge in [-0.2, -0.15) is 0 Å². The Bertz CT molecular complexity index is 513. The maximum absolute atomic E-state index is 11.1. The molecule has 0 aliphatic heterocycles. The molecule has 0 radical (unpaired) electrons. The standard InChI is InChI=1S/C11H12N4O4/c16-6-13-11-12-4-3-8(14-11)9(10(17)18)15-19-5-7-1-2-7/h3-4,6-7H,1-2,5H2,(H,17,18)(H,12,13,14,16)/b15-9-. The Morgan fingerprint density at radius 3 is 3.05 bits per heavy atom. The molecule has 100 valence electrons. The smallest absolute Gasteiger partial charge is 0.360 e. The molecule has 1 fully saturated rings. The maximum Gasteiger partial charge on any atom is 0.360 e. The number of oxime groups is 1. The third-order valence-electron chi connectivity index (χ3n) is 2.45.